The summed E-state index contributed by atoms with van der Waals surface area (Å²) in [5.74, 6) is 0.649. The van der Waals surface area contributed by atoms with E-state index in [0.29, 0.717) is 16.9 Å². The largest absolute Gasteiger partial charge is 0.374 e. The normalized spacial score (nSPS) is 11.0. The van der Waals surface area contributed by atoms with E-state index in [2.05, 4.69) is 56.7 Å². The van der Waals surface area contributed by atoms with Crippen molar-refractivity contribution in [1.82, 2.24) is 30.0 Å². The van der Waals surface area contributed by atoms with Gasteiger partial charge < -0.3 is 9.88 Å². The molecule has 0 aliphatic heterocycles. The predicted octanol–water partition coefficient (Wildman–Crippen LogP) is 1.48. The van der Waals surface area contributed by atoms with Crippen LogP contribution in [0, 0.1) is 0 Å². The first-order valence-corrected chi connectivity index (χ1v) is 7.49. The Kier molecular flexibility index (Phi) is 3.73. The number of aromatic nitrogens is 5. The lowest BCUT2D eigenvalue weighted by molar-refractivity contribution is 0.478. The molecule has 3 heterocycles. The van der Waals surface area contributed by atoms with Crippen molar-refractivity contribution in [2.75, 3.05) is 13.6 Å². The zero-order valence-corrected chi connectivity index (χ0v) is 13.5. The molecule has 6 heteroatoms. The Morgan fingerprint density at radius 2 is 2.09 bits per heavy atom. The maximum atomic E-state index is 4.69. The van der Waals surface area contributed by atoms with Gasteiger partial charge >= 0.3 is 0 Å². The summed E-state index contributed by atoms with van der Waals surface area (Å²) in [5.41, 5.74) is 4.16. The molecule has 0 spiro atoms. The molecule has 0 aliphatic rings. The van der Waals surface area contributed by atoms with Gasteiger partial charge in [0.1, 0.15) is 11.2 Å². The number of nitrogens with one attached hydrogen (secondary N) is 2. The molecule has 0 radical (unpaired) electrons. The van der Waals surface area contributed by atoms with Crippen molar-refractivity contribution in [2.24, 2.45) is 0 Å². The maximum absolute atomic E-state index is 4.69. The second-order valence-electron chi connectivity index (χ2n) is 5.57. The van der Waals surface area contributed by atoms with Gasteiger partial charge in [-0.05, 0) is 6.42 Å². The Bertz CT molecular complexity index is 965. The summed E-state index contributed by atoms with van der Waals surface area (Å²) in [6, 6.07) is 0. The molecule has 0 saturated heterocycles. The van der Waals surface area contributed by atoms with E-state index in [1.54, 1.807) is 12.4 Å². The van der Waals surface area contributed by atoms with Gasteiger partial charge in [-0.3, -0.25) is 10.1 Å². The standard InChI is InChI=1S/C17H20N6/c1-6-7-23(5)12(4)13-8-18-9-14-16(13)20-17(19-14)15-10(2)11(3)21-22-15/h8-9,21H,2-4,6-7H2,1,5H3,(H,19,20). The average Bonchev–Trinajstić information content (AvgIpc) is 3.10. The van der Waals surface area contributed by atoms with Gasteiger partial charge in [-0.1, -0.05) is 26.7 Å². The van der Waals surface area contributed by atoms with Crippen LogP contribution in [0.5, 0.6) is 0 Å². The topological polar surface area (TPSA) is 73.5 Å². The molecule has 0 amide bonds. The summed E-state index contributed by atoms with van der Waals surface area (Å²) in [6.45, 7) is 15.1. The highest BCUT2D eigenvalue weighted by Gasteiger charge is 2.15. The van der Waals surface area contributed by atoms with Crippen LogP contribution in [0.2, 0.25) is 0 Å². The first-order chi connectivity index (χ1) is 11.0. The number of nitrogens with zero attached hydrogens (tertiary/aromatic N) is 4. The van der Waals surface area contributed by atoms with Crippen molar-refractivity contribution in [3.05, 3.63) is 35.1 Å². The Morgan fingerprint density at radius 3 is 2.74 bits per heavy atom. The molecule has 0 atom stereocenters. The van der Waals surface area contributed by atoms with Crippen molar-refractivity contribution in [3.63, 3.8) is 0 Å². The number of hydrogen-bond donors (Lipinski definition) is 2. The zero-order chi connectivity index (χ0) is 16.6. The van der Waals surface area contributed by atoms with E-state index in [-0.39, 0.29) is 0 Å². The first-order valence-electron chi connectivity index (χ1n) is 7.49. The van der Waals surface area contributed by atoms with Crippen LogP contribution >= 0.6 is 0 Å². The lowest BCUT2D eigenvalue weighted by atomic mass is 10.2. The van der Waals surface area contributed by atoms with Crippen LogP contribution in [0.1, 0.15) is 18.9 Å². The SMILES string of the molecule is C=C(c1cncc2[nH]c(-c3n[nH]c(=C)c3=C)nc12)N(C)CCC. The van der Waals surface area contributed by atoms with E-state index in [1.165, 1.54) is 0 Å². The number of hydrogen-bond acceptors (Lipinski definition) is 4. The third-order valence-corrected chi connectivity index (χ3v) is 3.90. The average molecular weight is 308 g/mol. The number of H-pyrrole nitrogens is 2. The highest BCUT2D eigenvalue weighted by Crippen LogP contribution is 2.25. The van der Waals surface area contributed by atoms with E-state index in [9.17, 15) is 0 Å². The van der Waals surface area contributed by atoms with Crippen molar-refractivity contribution in [2.45, 2.75) is 13.3 Å². The first kappa shape index (κ1) is 15.0. The lowest BCUT2D eigenvalue weighted by Crippen LogP contribution is -2.19. The summed E-state index contributed by atoms with van der Waals surface area (Å²) >= 11 is 0. The van der Waals surface area contributed by atoms with Crippen molar-refractivity contribution < 1.29 is 0 Å². The number of fused-ring (bicyclic) bond motifs is 1. The van der Waals surface area contributed by atoms with E-state index >= 15 is 0 Å². The van der Waals surface area contributed by atoms with Crippen LogP contribution in [-0.4, -0.2) is 43.6 Å². The van der Waals surface area contributed by atoms with Gasteiger partial charge in [0.15, 0.2) is 5.82 Å². The number of rotatable bonds is 5. The molecular weight excluding hydrogens is 288 g/mol. The summed E-state index contributed by atoms with van der Waals surface area (Å²) < 4.78 is 0. The molecule has 0 fully saturated rings. The second-order valence-corrected chi connectivity index (χ2v) is 5.57. The van der Waals surface area contributed by atoms with Crippen molar-refractivity contribution in [3.8, 4) is 11.5 Å². The lowest BCUT2D eigenvalue weighted by Gasteiger charge is -2.20. The molecule has 2 N–H and O–H groups in total. The van der Waals surface area contributed by atoms with Crippen LogP contribution in [0.3, 0.4) is 0 Å². The number of imidazole rings is 1. The highest BCUT2D eigenvalue weighted by molar-refractivity contribution is 5.89. The molecule has 6 nitrogen and oxygen atoms in total. The quantitative estimate of drug-likeness (QED) is 0.749. The molecule has 0 aromatic carbocycles. The Morgan fingerprint density at radius 1 is 1.30 bits per heavy atom. The summed E-state index contributed by atoms with van der Waals surface area (Å²) in [4.78, 5) is 14.3. The van der Waals surface area contributed by atoms with Gasteiger partial charge in [0.05, 0.1) is 17.1 Å². The molecule has 3 aromatic heterocycles. The molecule has 3 rings (SSSR count). The molecule has 0 aliphatic carbocycles. The van der Waals surface area contributed by atoms with E-state index in [4.69, 9.17) is 0 Å². The van der Waals surface area contributed by atoms with Gasteiger partial charge in [0, 0.05) is 36.3 Å². The molecule has 0 bridgehead atoms. The van der Waals surface area contributed by atoms with Crippen molar-refractivity contribution in [1.29, 1.82) is 0 Å². The Hall–Kier alpha value is -2.89. The third kappa shape index (κ3) is 2.52. The maximum Gasteiger partial charge on any atom is 0.159 e. The van der Waals surface area contributed by atoms with Crippen LogP contribution in [0.15, 0.2) is 19.0 Å². The van der Waals surface area contributed by atoms with Crippen LogP contribution in [-0.2, 0) is 0 Å². The second kappa shape index (κ2) is 5.72. The summed E-state index contributed by atoms with van der Waals surface area (Å²) in [6.07, 6.45) is 4.60. The monoisotopic (exact) mass is 308 g/mol. The van der Waals surface area contributed by atoms with Gasteiger partial charge in [-0.15, -0.1) is 0 Å². The zero-order valence-electron chi connectivity index (χ0n) is 13.5. The van der Waals surface area contributed by atoms with E-state index in [1.807, 2.05) is 7.05 Å². The van der Waals surface area contributed by atoms with Crippen LogP contribution in [0.25, 0.3) is 41.4 Å². The van der Waals surface area contributed by atoms with Crippen molar-refractivity contribution >= 4 is 29.9 Å². The molecule has 118 valence electrons. The van der Waals surface area contributed by atoms with Gasteiger partial charge in [0.25, 0.3) is 0 Å². The predicted molar refractivity (Wildman–Crippen MR) is 93.7 cm³/mol. The number of pyridine rings is 1. The van der Waals surface area contributed by atoms with E-state index < -0.39 is 0 Å². The van der Waals surface area contributed by atoms with Gasteiger partial charge in [-0.2, -0.15) is 5.10 Å². The third-order valence-electron chi connectivity index (χ3n) is 3.90. The fourth-order valence-electron chi connectivity index (χ4n) is 2.53. The van der Waals surface area contributed by atoms with Crippen LogP contribution in [0.4, 0.5) is 0 Å². The fourth-order valence-corrected chi connectivity index (χ4v) is 2.53. The molecular formula is C17H20N6. The van der Waals surface area contributed by atoms with Gasteiger partial charge in [0.2, 0.25) is 0 Å². The summed E-state index contributed by atoms with van der Waals surface area (Å²) in [5, 5.41) is 8.47. The molecule has 23 heavy (non-hydrogen) atoms. The molecule has 0 unspecified atom stereocenters. The smallest absolute Gasteiger partial charge is 0.159 e. The van der Waals surface area contributed by atoms with E-state index in [0.717, 1.165) is 40.5 Å². The minimum absolute atomic E-state index is 0.649. The minimum Gasteiger partial charge on any atom is -0.374 e. The molecule has 0 saturated carbocycles. The minimum atomic E-state index is 0.649. The van der Waals surface area contributed by atoms with Crippen LogP contribution < -0.4 is 10.6 Å². The number of aromatic amines is 2. The fraction of sp³-hybridized carbons (Fsp3) is 0.235. The summed E-state index contributed by atoms with van der Waals surface area (Å²) in [7, 11) is 2.02. The van der Waals surface area contributed by atoms with Gasteiger partial charge in [-0.25, -0.2) is 4.98 Å². The Labute approximate surface area is 134 Å². The highest BCUT2D eigenvalue weighted by atomic mass is 15.1. The Balaban J connectivity index is 2.12. The molecule has 3 aromatic rings.